The van der Waals surface area contributed by atoms with E-state index in [1.165, 1.54) is 6.33 Å². The summed E-state index contributed by atoms with van der Waals surface area (Å²) in [7, 11) is 0. The molecule has 2 aromatic rings. The lowest BCUT2D eigenvalue weighted by Crippen LogP contribution is -2.44. The minimum Gasteiger partial charge on any atom is -0.454 e. The quantitative estimate of drug-likeness (QED) is 0.832. The Hall–Kier alpha value is -3.10. The van der Waals surface area contributed by atoms with Crippen molar-refractivity contribution in [3.05, 3.63) is 35.9 Å². The van der Waals surface area contributed by atoms with Crippen LogP contribution in [-0.4, -0.2) is 58.3 Å². The van der Waals surface area contributed by atoms with Crippen LogP contribution < -0.4 is 14.8 Å². The minimum absolute atomic E-state index is 0.0452. The van der Waals surface area contributed by atoms with Gasteiger partial charge in [0.25, 0.3) is 5.91 Å². The Balaban J connectivity index is 1.32. The molecule has 2 aliphatic heterocycles. The number of rotatable bonds is 4. The van der Waals surface area contributed by atoms with Gasteiger partial charge in [-0.3, -0.25) is 14.7 Å². The van der Waals surface area contributed by atoms with Gasteiger partial charge < -0.3 is 19.7 Å². The summed E-state index contributed by atoms with van der Waals surface area (Å²) in [5.41, 5.74) is 0.431. The van der Waals surface area contributed by atoms with Gasteiger partial charge in [0.2, 0.25) is 12.7 Å². The van der Waals surface area contributed by atoms with E-state index in [9.17, 15) is 9.59 Å². The van der Waals surface area contributed by atoms with Gasteiger partial charge in [0.1, 0.15) is 12.2 Å². The summed E-state index contributed by atoms with van der Waals surface area (Å²) >= 11 is 0. The maximum atomic E-state index is 12.5. The number of amides is 2. The largest absolute Gasteiger partial charge is 0.454 e. The number of H-pyrrole nitrogens is 1. The number of nitrogens with zero attached hydrogens (tertiary/aromatic N) is 3. The summed E-state index contributed by atoms with van der Waals surface area (Å²) in [5, 5.41) is 9.41. The van der Waals surface area contributed by atoms with Gasteiger partial charge in [-0.15, -0.1) is 0 Å². The molecule has 1 fully saturated rings. The third-order valence-electron chi connectivity index (χ3n) is 4.63. The predicted molar refractivity (Wildman–Crippen MR) is 89.8 cm³/mol. The lowest BCUT2D eigenvalue weighted by Gasteiger charge is -2.31. The Morgan fingerprint density at radius 3 is 3.04 bits per heavy atom. The van der Waals surface area contributed by atoms with Crippen LogP contribution in [0.25, 0.3) is 0 Å². The van der Waals surface area contributed by atoms with Gasteiger partial charge in [-0.2, -0.15) is 5.10 Å². The molecule has 0 unspecified atom stereocenters. The van der Waals surface area contributed by atoms with Crippen molar-refractivity contribution in [1.82, 2.24) is 25.4 Å². The Morgan fingerprint density at radius 1 is 1.31 bits per heavy atom. The molecular weight excluding hydrogens is 338 g/mol. The van der Waals surface area contributed by atoms with Crippen LogP contribution in [-0.2, 0) is 4.79 Å². The fourth-order valence-corrected chi connectivity index (χ4v) is 3.25. The summed E-state index contributed by atoms with van der Waals surface area (Å²) in [6, 6.07) is 4.95. The number of aromatic amines is 1. The summed E-state index contributed by atoms with van der Waals surface area (Å²) in [4.78, 5) is 30.7. The number of ether oxygens (including phenoxy) is 2. The summed E-state index contributed by atoms with van der Waals surface area (Å²) < 4.78 is 10.5. The van der Waals surface area contributed by atoms with Crippen molar-refractivity contribution in [3.8, 4) is 11.5 Å². The lowest BCUT2D eigenvalue weighted by atomic mass is 9.97. The van der Waals surface area contributed by atoms with Gasteiger partial charge in [-0.25, -0.2) is 4.98 Å². The second-order valence-electron chi connectivity index (χ2n) is 6.30. The van der Waals surface area contributed by atoms with Crippen LogP contribution in [0.3, 0.4) is 0 Å². The normalized spacial score (nSPS) is 18.6. The molecule has 2 amide bonds. The van der Waals surface area contributed by atoms with E-state index in [1.807, 2.05) is 0 Å². The number of piperidine rings is 1. The number of hydrogen-bond donors (Lipinski definition) is 2. The van der Waals surface area contributed by atoms with Crippen LogP contribution in [0, 0.1) is 0 Å². The van der Waals surface area contributed by atoms with Crippen molar-refractivity contribution in [2.24, 2.45) is 0 Å². The average molecular weight is 357 g/mol. The number of carbonyl (C=O) groups is 2. The molecule has 1 atom stereocenters. The zero-order chi connectivity index (χ0) is 17.9. The molecular formula is C17H19N5O4. The fraction of sp³-hybridized carbons (Fsp3) is 0.412. The topological polar surface area (TPSA) is 109 Å². The molecule has 0 saturated carbocycles. The second kappa shape index (κ2) is 7.03. The zero-order valence-electron chi connectivity index (χ0n) is 14.1. The minimum atomic E-state index is -0.319. The number of benzene rings is 1. The van der Waals surface area contributed by atoms with Crippen molar-refractivity contribution in [3.63, 3.8) is 0 Å². The van der Waals surface area contributed by atoms with E-state index in [2.05, 4.69) is 20.5 Å². The molecule has 1 aromatic carbocycles. The van der Waals surface area contributed by atoms with E-state index in [-0.39, 0.29) is 31.1 Å². The van der Waals surface area contributed by atoms with E-state index >= 15 is 0 Å². The third-order valence-corrected chi connectivity index (χ3v) is 4.63. The smallest absolute Gasteiger partial charge is 0.251 e. The molecule has 1 saturated heterocycles. The third kappa shape index (κ3) is 3.32. The monoisotopic (exact) mass is 357 g/mol. The maximum Gasteiger partial charge on any atom is 0.251 e. The van der Waals surface area contributed by atoms with Crippen LogP contribution >= 0.6 is 0 Å². The van der Waals surface area contributed by atoms with Crippen molar-refractivity contribution >= 4 is 11.8 Å². The van der Waals surface area contributed by atoms with E-state index < -0.39 is 0 Å². The highest BCUT2D eigenvalue weighted by Crippen LogP contribution is 2.32. The predicted octanol–water partition coefficient (Wildman–Crippen LogP) is 0.669. The van der Waals surface area contributed by atoms with E-state index in [0.717, 1.165) is 18.7 Å². The molecule has 0 aliphatic carbocycles. The van der Waals surface area contributed by atoms with Crippen molar-refractivity contribution in [2.75, 3.05) is 26.4 Å². The molecule has 4 rings (SSSR count). The maximum absolute atomic E-state index is 12.5. The summed E-state index contributed by atoms with van der Waals surface area (Å²) in [5.74, 6) is 1.68. The van der Waals surface area contributed by atoms with Crippen LogP contribution in [0.1, 0.15) is 34.9 Å². The number of hydrogen-bond acceptors (Lipinski definition) is 6. The first-order valence-electron chi connectivity index (χ1n) is 8.51. The van der Waals surface area contributed by atoms with Crippen LogP contribution in [0.5, 0.6) is 11.5 Å². The summed E-state index contributed by atoms with van der Waals surface area (Å²) in [6.07, 6.45) is 3.33. The standard InChI is InChI=1S/C17H19N5O4/c23-15(22-5-1-2-12(8-22)16-19-9-20-21-16)7-18-17(24)11-3-4-13-14(6-11)26-10-25-13/h3-4,6,9,12H,1-2,5,7-8,10H2,(H,18,24)(H,19,20,21)/t12-/m0/s1. The lowest BCUT2D eigenvalue weighted by molar-refractivity contribution is -0.131. The molecule has 9 nitrogen and oxygen atoms in total. The average Bonchev–Trinajstić information content (AvgIpc) is 3.36. The van der Waals surface area contributed by atoms with Crippen molar-refractivity contribution in [1.29, 1.82) is 0 Å². The molecule has 3 heterocycles. The highest BCUT2D eigenvalue weighted by Gasteiger charge is 2.26. The Bertz CT molecular complexity index is 807. The molecule has 0 bridgehead atoms. The first-order chi connectivity index (χ1) is 12.7. The molecule has 1 aromatic heterocycles. The van der Waals surface area contributed by atoms with Gasteiger partial charge in [0.15, 0.2) is 11.5 Å². The number of likely N-dealkylation sites (tertiary alicyclic amines) is 1. The van der Waals surface area contributed by atoms with Crippen LogP contribution in [0.2, 0.25) is 0 Å². The van der Waals surface area contributed by atoms with Crippen molar-refractivity contribution in [2.45, 2.75) is 18.8 Å². The molecule has 0 spiro atoms. The SMILES string of the molecule is O=C(NCC(=O)N1CCC[C@H](c2ncn[nH]2)C1)c1ccc2c(c1)OCO2. The molecule has 2 aliphatic rings. The Kier molecular flexibility index (Phi) is 4.42. The molecule has 0 radical (unpaired) electrons. The van der Waals surface area contributed by atoms with E-state index in [4.69, 9.17) is 9.47 Å². The second-order valence-corrected chi connectivity index (χ2v) is 6.30. The van der Waals surface area contributed by atoms with Crippen LogP contribution in [0.15, 0.2) is 24.5 Å². The Labute approximate surface area is 149 Å². The van der Waals surface area contributed by atoms with Gasteiger partial charge in [0, 0.05) is 24.6 Å². The van der Waals surface area contributed by atoms with Gasteiger partial charge in [-0.1, -0.05) is 0 Å². The highest BCUT2D eigenvalue weighted by atomic mass is 16.7. The Morgan fingerprint density at radius 2 is 2.19 bits per heavy atom. The van der Waals surface area contributed by atoms with Gasteiger partial charge in [-0.05, 0) is 31.0 Å². The molecule has 2 N–H and O–H groups in total. The van der Waals surface area contributed by atoms with E-state index in [1.54, 1.807) is 23.1 Å². The molecule has 26 heavy (non-hydrogen) atoms. The molecule has 9 heteroatoms. The number of fused-ring (bicyclic) bond motifs is 1. The first kappa shape index (κ1) is 16.4. The zero-order valence-corrected chi connectivity index (χ0v) is 14.1. The van der Waals surface area contributed by atoms with Crippen LogP contribution in [0.4, 0.5) is 0 Å². The molecule has 136 valence electrons. The summed E-state index contributed by atoms with van der Waals surface area (Å²) in [6.45, 7) is 1.37. The van der Waals surface area contributed by atoms with Crippen molar-refractivity contribution < 1.29 is 19.1 Å². The van der Waals surface area contributed by atoms with Gasteiger partial charge >= 0.3 is 0 Å². The van der Waals surface area contributed by atoms with E-state index in [0.29, 0.717) is 30.2 Å². The highest BCUT2D eigenvalue weighted by molar-refractivity contribution is 5.97. The number of aromatic nitrogens is 3. The number of nitrogens with one attached hydrogen (secondary N) is 2. The van der Waals surface area contributed by atoms with Gasteiger partial charge in [0.05, 0.1) is 6.54 Å². The number of carbonyl (C=O) groups excluding carboxylic acids is 2. The fourth-order valence-electron chi connectivity index (χ4n) is 3.25. The first-order valence-corrected chi connectivity index (χ1v) is 8.51.